The molecule has 26 heavy (non-hydrogen) atoms. The number of aromatic nitrogens is 1. The van der Waals surface area contributed by atoms with Crippen LogP contribution in [0.2, 0.25) is 0 Å². The predicted molar refractivity (Wildman–Crippen MR) is 106 cm³/mol. The Morgan fingerprint density at radius 1 is 1.15 bits per heavy atom. The molecule has 1 heterocycles. The van der Waals surface area contributed by atoms with Crippen molar-refractivity contribution in [2.45, 2.75) is 30.4 Å². The van der Waals surface area contributed by atoms with Crippen molar-refractivity contribution < 1.29 is 9.18 Å². The van der Waals surface area contributed by atoms with Gasteiger partial charge in [0.2, 0.25) is 5.91 Å². The lowest BCUT2D eigenvalue weighted by Gasteiger charge is -2.06. The molecule has 0 bridgehead atoms. The van der Waals surface area contributed by atoms with Crippen LogP contribution in [0.1, 0.15) is 22.4 Å². The van der Waals surface area contributed by atoms with Gasteiger partial charge in [-0.3, -0.25) is 4.79 Å². The molecule has 1 amide bonds. The van der Waals surface area contributed by atoms with Crippen LogP contribution in [0.5, 0.6) is 0 Å². The van der Waals surface area contributed by atoms with E-state index in [4.69, 9.17) is 0 Å². The van der Waals surface area contributed by atoms with Crippen LogP contribution in [-0.2, 0) is 17.0 Å². The van der Waals surface area contributed by atoms with E-state index in [0.29, 0.717) is 0 Å². The zero-order chi connectivity index (χ0) is 18.5. The summed E-state index contributed by atoms with van der Waals surface area (Å²) >= 11 is 3.11. The largest absolute Gasteiger partial charge is 0.326 e. The molecular formula is C20H19FN2OS2. The van der Waals surface area contributed by atoms with Crippen LogP contribution in [0.15, 0.2) is 52.2 Å². The highest BCUT2D eigenvalue weighted by Gasteiger charge is 2.09. The summed E-state index contributed by atoms with van der Waals surface area (Å²) in [6, 6.07) is 12.3. The number of hydrogen-bond acceptors (Lipinski definition) is 4. The average Bonchev–Trinajstić information content (AvgIpc) is 3.05. The van der Waals surface area contributed by atoms with E-state index in [9.17, 15) is 9.18 Å². The maximum absolute atomic E-state index is 12.9. The third kappa shape index (κ3) is 5.16. The lowest BCUT2D eigenvalue weighted by molar-refractivity contribution is -0.115. The molecule has 0 aliphatic rings. The molecule has 0 fully saturated rings. The first kappa shape index (κ1) is 18.6. The summed E-state index contributed by atoms with van der Waals surface area (Å²) < 4.78 is 13.8. The fraction of sp³-hybridized carbons (Fsp3) is 0.200. The van der Waals surface area contributed by atoms with Gasteiger partial charge in [0.05, 0.1) is 12.1 Å². The van der Waals surface area contributed by atoms with Crippen LogP contribution in [0, 0.1) is 19.7 Å². The van der Waals surface area contributed by atoms with Crippen LogP contribution in [-0.4, -0.2) is 10.9 Å². The van der Waals surface area contributed by atoms with Crippen molar-refractivity contribution in [3.05, 3.63) is 76.0 Å². The number of halogens is 1. The fourth-order valence-electron chi connectivity index (χ4n) is 2.35. The van der Waals surface area contributed by atoms with E-state index in [2.05, 4.69) is 10.3 Å². The Hall–Kier alpha value is -2.18. The smallest absolute Gasteiger partial charge is 0.230 e. The van der Waals surface area contributed by atoms with Crippen molar-refractivity contribution in [2.75, 3.05) is 5.32 Å². The molecule has 0 saturated heterocycles. The molecule has 6 heteroatoms. The van der Waals surface area contributed by atoms with Crippen LogP contribution in [0.3, 0.4) is 0 Å². The van der Waals surface area contributed by atoms with Gasteiger partial charge in [-0.05, 0) is 54.8 Å². The number of thioether (sulfide) groups is 1. The maximum Gasteiger partial charge on any atom is 0.230 e. The molecule has 0 aliphatic heterocycles. The number of anilines is 1. The molecule has 1 aromatic heterocycles. The molecular weight excluding hydrogens is 367 g/mol. The number of hydrogen-bond donors (Lipinski definition) is 1. The Morgan fingerprint density at radius 3 is 2.65 bits per heavy atom. The molecule has 134 valence electrons. The molecule has 0 spiro atoms. The molecule has 2 aromatic carbocycles. The number of thiazole rings is 1. The highest BCUT2D eigenvalue weighted by atomic mass is 32.2. The van der Waals surface area contributed by atoms with Crippen molar-refractivity contribution in [2.24, 2.45) is 0 Å². The van der Waals surface area contributed by atoms with E-state index >= 15 is 0 Å². The molecule has 0 aliphatic carbocycles. The van der Waals surface area contributed by atoms with Gasteiger partial charge in [0.1, 0.15) is 10.2 Å². The second-order valence-electron chi connectivity index (χ2n) is 6.04. The maximum atomic E-state index is 12.9. The van der Waals surface area contributed by atoms with Gasteiger partial charge in [0.25, 0.3) is 0 Å². The van der Waals surface area contributed by atoms with Gasteiger partial charge in [-0.2, -0.15) is 0 Å². The Labute approximate surface area is 160 Å². The lowest BCUT2D eigenvalue weighted by atomic mass is 10.1. The van der Waals surface area contributed by atoms with Crippen molar-refractivity contribution in [1.29, 1.82) is 0 Å². The van der Waals surface area contributed by atoms with Crippen molar-refractivity contribution in [1.82, 2.24) is 4.98 Å². The van der Waals surface area contributed by atoms with Gasteiger partial charge >= 0.3 is 0 Å². The number of nitrogens with one attached hydrogen (secondary N) is 1. The van der Waals surface area contributed by atoms with E-state index in [0.717, 1.165) is 32.6 Å². The number of rotatable bonds is 6. The summed E-state index contributed by atoms with van der Waals surface area (Å²) in [5.41, 5.74) is 4.96. The van der Waals surface area contributed by atoms with Gasteiger partial charge < -0.3 is 5.32 Å². The number of carbonyl (C=O) groups is 1. The van der Waals surface area contributed by atoms with Crippen molar-refractivity contribution >= 4 is 34.7 Å². The molecule has 0 radical (unpaired) electrons. The highest BCUT2D eigenvalue weighted by Crippen LogP contribution is 2.26. The summed E-state index contributed by atoms with van der Waals surface area (Å²) in [6.07, 6.45) is 0.251. The molecule has 0 atom stereocenters. The van der Waals surface area contributed by atoms with E-state index in [1.165, 1.54) is 29.0 Å². The quantitative estimate of drug-likeness (QED) is 0.579. The van der Waals surface area contributed by atoms with E-state index < -0.39 is 0 Å². The number of nitrogens with zero attached hydrogens (tertiary/aromatic N) is 1. The third-order valence-electron chi connectivity index (χ3n) is 3.94. The van der Waals surface area contributed by atoms with Crippen LogP contribution < -0.4 is 5.32 Å². The topological polar surface area (TPSA) is 42.0 Å². The third-order valence-corrected chi connectivity index (χ3v) is 6.08. The minimum absolute atomic E-state index is 0.0753. The fourth-order valence-corrected chi connectivity index (χ4v) is 4.15. The number of carbonyl (C=O) groups excluding carboxylic acids is 1. The monoisotopic (exact) mass is 386 g/mol. The Bertz CT molecular complexity index is 906. The Morgan fingerprint density at radius 2 is 1.92 bits per heavy atom. The molecule has 0 unspecified atom stereocenters. The standard InChI is InChI=1S/C20H19FN2OS2/c1-13-3-8-17(9-14(13)2)22-19(24)10-18-12-26-20(23-18)25-11-15-4-6-16(21)7-5-15/h3-9,12H,10-11H2,1-2H3,(H,22,24). The van der Waals surface area contributed by atoms with E-state index in [1.807, 2.05) is 37.4 Å². The van der Waals surface area contributed by atoms with E-state index in [-0.39, 0.29) is 18.1 Å². The van der Waals surface area contributed by atoms with Gasteiger partial charge in [0, 0.05) is 16.8 Å². The average molecular weight is 387 g/mol. The number of aryl methyl sites for hydroxylation is 2. The zero-order valence-electron chi connectivity index (χ0n) is 14.6. The van der Waals surface area contributed by atoms with Crippen LogP contribution in [0.4, 0.5) is 10.1 Å². The summed E-state index contributed by atoms with van der Waals surface area (Å²) in [5, 5.41) is 4.82. The van der Waals surface area contributed by atoms with Gasteiger partial charge in [-0.25, -0.2) is 9.37 Å². The SMILES string of the molecule is Cc1ccc(NC(=O)Cc2csc(SCc3ccc(F)cc3)n2)cc1C. The molecule has 1 N–H and O–H groups in total. The highest BCUT2D eigenvalue weighted by molar-refractivity contribution is 8.00. The minimum atomic E-state index is -0.231. The summed E-state index contributed by atoms with van der Waals surface area (Å²) in [6.45, 7) is 4.07. The van der Waals surface area contributed by atoms with Gasteiger partial charge in [-0.1, -0.05) is 30.0 Å². The Kier molecular flexibility index (Phi) is 6.06. The Balaban J connectivity index is 1.53. The first-order valence-corrected chi connectivity index (χ1v) is 10.0. The van der Waals surface area contributed by atoms with Crippen LogP contribution in [0.25, 0.3) is 0 Å². The van der Waals surface area contributed by atoms with Gasteiger partial charge in [0.15, 0.2) is 0 Å². The molecule has 0 saturated carbocycles. The predicted octanol–water partition coefficient (Wildman–Crippen LogP) is 5.37. The summed E-state index contributed by atoms with van der Waals surface area (Å²) in [7, 11) is 0. The van der Waals surface area contributed by atoms with Crippen LogP contribution >= 0.6 is 23.1 Å². The molecule has 3 rings (SSSR count). The van der Waals surface area contributed by atoms with Gasteiger partial charge in [-0.15, -0.1) is 11.3 Å². The second kappa shape index (κ2) is 8.47. The zero-order valence-corrected chi connectivity index (χ0v) is 16.2. The summed E-state index contributed by atoms with van der Waals surface area (Å²) in [5.74, 6) is 0.418. The minimum Gasteiger partial charge on any atom is -0.326 e. The first-order valence-electron chi connectivity index (χ1n) is 8.18. The lowest BCUT2D eigenvalue weighted by Crippen LogP contribution is -2.14. The number of amides is 1. The first-order chi connectivity index (χ1) is 12.5. The summed E-state index contributed by atoms with van der Waals surface area (Å²) in [4.78, 5) is 16.7. The second-order valence-corrected chi connectivity index (χ2v) is 8.12. The molecule has 3 nitrogen and oxygen atoms in total. The van der Waals surface area contributed by atoms with Crippen molar-refractivity contribution in [3.63, 3.8) is 0 Å². The van der Waals surface area contributed by atoms with Crippen molar-refractivity contribution in [3.8, 4) is 0 Å². The molecule has 3 aromatic rings. The van der Waals surface area contributed by atoms with E-state index in [1.54, 1.807) is 23.9 Å². The number of benzene rings is 2. The normalized spacial score (nSPS) is 10.7.